The van der Waals surface area contributed by atoms with Crippen LogP contribution in [-0.2, 0) is 74.6 Å². The molecule has 8 nitrogen and oxygen atoms in total. The first-order valence-electron chi connectivity index (χ1n) is 24.9. The van der Waals surface area contributed by atoms with E-state index in [-0.39, 0.29) is 104 Å². The molecule has 6 aromatic carbocycles. The molecule has 4 fully saturated rings. The molecule has 80 heavy (non-hydrogen) atoms. The Bertz CT molecular complexity index is 2670. The molecule has 0 aromatic heterocycles. The molecule has 0 spiro atoms. The van der Waals surface area contributed by atoms with E-state index in [1.165, 1.54) is 21.7 Å². The zero-order chi connectivity index (χ0) is 58.2. The van der Waals surface area contributed by atoms with Crippen LogP contribution in [0.1, 0.15) is 66.2 Å². The molecule has 4 atom stereocenters. The zero-order valence-electron chi connectivity index (χ0n) is 46.4. The van der Waals surface area contributed by atoms with Gasteiger partial charge in [-0.2, -0.15) is 16.8 Å². The van der Waals surface area contributed by atoms with Gasteiger partial charge in [0.1, 0.15) is 11.6 Å². The quantitative estimate of drug-likeness (QED) is 0.0606. The van der Waals surface area contributed by atoms with E-state index in [0.29, 0.717) is 38.5 Å². The molecule has 0 radical (unpaired) electrons. The summed E-state index contributed by atoms with van der Waals surface area (Å²) in [7, 11) is -8.15. The predicted molar refractivity (Wildman–Crippen MR) is 344 cm³/mol. The van der Waals surface area contributed by atoms with Crippen molar-refractivity contribution in [1.82, 2.24) is 0 Å². The van der Waals surface area contributed by atoms with Crippen molar-refractivity contribution in [3.63, 3.8) is 0 Å². The molecule has 4 aliphatic carbocycles. The summed E-state index contributed by atoms with van der Waals surface area (Å²) in [6.45, 7) is 7.78. The SMILES string of the molecule is C=S.CC1(C)C2CCC1(CS(=O)(=O)O)C(=O)C2.CC1(C)C2CCC1(CS(=O)(=O)O)C(=O)C2.Cl.[3H]P=[Te].[3H]P=[Te].[Ag+].[Ag+].[CH-]=S.[Cl-].c1ccc([TeH](c2ccccc2)c2ccccc2)cc1.c1ccc([TeH](c2ccccc2)c2ccccc2)cc1. The van der Waals surface area contributed by atoms with Crippen molar-refractivity contribution < 1.29 is 92.7 Å². The Morgan fingerprint density at radius 2 is 0.700 bits per heavy atom. The van der Waals surface area contributed by atoms with Gasteiger partial charge in [-0.1, -0.05) is 39.9 Å². The molecule has 10 rings (SSSR count). The van der Waals surface area contributed by atoms with Crippen LogP contribution < -0.4 is 34.1 Å². The van der Waals surface area contributed by atoms with Crippen LogP contribution in [0.25, 0.3) is 0 Å². The number of hydrogen-bond donors (Lipinski definition) is 2. The van der Waals surface area contributed by atoms with Crippen molar-refractivity contribution in [2.45, 2.75) is 66.2 Å². The third-order valence-electron chi connectivity index (χ3n) is 15.2. The van der Waals surface area contributed by atoms with Crippen molar-refractivity contribution >= 4 is 196 Å². The van der Waals surface area contributed by atoms with E-state index in [4.69, 9.17) is 11.7 Å². The third kappa shape index (κ3) is 22.0. The number of halogens is 2. The Kier molecular flexibility index (Phi) is 39.3. The van der Waals surface area contributed by atoms with Crippen LogP contribution in [0, 0.1) is 33.5 Å². The molecular weight excluding hydrogens is 1810 g/mol. The second-order valence-corrected chi connectivity index (χ2v) is 35.0. The maximum atomic E-state index is 11.9. The zero-order valence-corrected chi connectivity index (χ0v) is 63.7. The summed E-state index contributed by atoms with van der Waals surface area (Å²) in [4.78, 5) is 23.8. The molecule has 22 heteroatoms. The fourth-order valence-electron chi connectivity index (χ4n) is 11.2. The summed E-state index contributed by atoms with van der Waals surface area (Å²) in [5, 5.41) is 0. The average molecular weight is 1890 g/mol. The van der Waals surface area contributed by atoms with Crippen molar-refractivity contribution in [1.29, 1.82) is 2.56 Å². The van der Waals surface area contributed by atoms with Gasteiger partial charge in [0.25, 0.3) is 20.2 Å². The van der Waals surface area contributed by atoms with E-state index in [1.807, 2.05) is 27.7 Å². The van der Waals surface area contributed by atoms with Crippen LogP contribution in [-0.4, -0.2) is 145 Å². The van der Waals surface area contributed by atoms with Crippen LogP contribution in [0.3, 0.4) is 0 Å². The van der Waals surface area contributed by atoms with Gasteiger partial charge in [0.15, 0.2) is 0 Å². The summed E-state index contributed by atoms with van der Waals surface area (Å²) in [5.41, 5.74) is -2.24. The second kappa shape index (κ2) is 40.1. The molecule has 444 valence electrons. The fourth-order valence-corrected chi connectivity index (χ4v) is 27.0. The third-order valence-corrected chi connectivity index (χ3v) is 30.9. The number of rotatable bonds is 10. The normalized spacial score (nSPS) is 20.4. The van der Waals surface area contributed by atoms with Crippen LogP contribution >= 0.6 is 49.7 Å². The first-order valence-corrected chi connectivity index (χ1v) is 43.0. The molecule has 4 unspecified atom stereocenters. The van der Waals surface area contributed by atoms with E-state index in [0.717, 1.165) is 12.8 Å². The number of ketones is 2. The molecule has 0 heterocycles. The molecule has 6 aromatic rings. The van der Waals surface area contributed by atoms with Gasteiger partial charge in [0.05, 0.1) is 22.3 Å². The van der Waals surface area contributed by atoms with E-state index in [2.05, 4.69) is 218 Å². The van der Waals surface area contributed by atoms with Gasteiger partial charge < -0.3 is 30.5 Å². The fraction of sp³-hybridized carbons (Fsp3) is 0.310. The van der Waals surface area contributed by atoms with Crippen molar-refractivity contribution in [2.24, 2.45) is 33.5 Å². The Labute approximate surface area is 576 Å². The Morgan fingerprint density at radius 3 is 0.825 bits per heavy atom. The summed E-state index contributed by atoms with van der Waals surface area (Å²) < 4.78 is 83.4. The van der Waals surface area contributed by atoms with Gasteiger partial charge in [-0.3, -0.25) is 18.7 Å². The minimum atomic E-state index is -4.08. The molecule has 0 saturated heterocycles. The Hall–Kier alpha value is 0.479. The van der Waals surface area contributed by atoms with E-state index >= 15 is 0 Å². The van der Waals surface area contributed by atoms with Gasteiger partial charge in [-0.15, -0.1) is 12.4 Å². The number of carbonyl (C=O) groups is 2. The maximum absolute atomic E-state index is 11.9. The summed E-state index contributed by atoms with van der Waals surface area (Å²) in [6.07, 6.45) is 5.30. The molecule has 0 aliphatic heterocycles. The van der Waals surface area contributed by atoms with Crippen LogP contribution in [0.15, 0.2) is 182 Å². The van der Waals surface area contributed by atoms with Crippen molar-refractivity contribution in [2.75, 3.05) is 11.5 Å². The van der Waals surface area contributed by atoms with Gasteiger partial charge in [-0.25, -0.2) is 0 Å². The summed E-state index contributed by atoms with van der Waals surface area (Å²) in [6, 6.07) is 65.8. The topological polar surface area (TPSA) is 143 Å². The average Bonchev–Trinajstić information content (AvgIpc) is 4.14. The van der Waals surface area contributed by atoms with E-state index in [9.17, 15) is 26.4 Å². The first-order chi connectivity index (χ1) is 37.1. The summed E-state index contributed by atoms with van der Waals surface area (Å²) >= 11 is 7.18. The molecule has 2 N–H and O–H groups in total. The van der Waals surface area contributed by atoms with Gasteiger partial charge in [0, 0.05) is 12.8 Å². The monoisotopic (exact) mass is 1890 g/mol. The number of Topliss-reactive ketones (excluding diaryl/α,β-unsaturated/α-hetero) is 2. The Morgan fingerprint density at radius 1 is 0.525 bits per heavy atom. The molecular formula is C58H70Ag2Cl2O8P2S4Te4. The standard InChI is InChI=1S/2C18H16Te.2C10H16O4S.CH2S.CHS.2Ag.2ClH.2HPTe/c2*1-4-10-16(11-5-1)19(17-12-6-2-7-13-17)18-14-8-3-9-15-18;2*1-9(2)7-3-4-10(9,8(11)5-7)6-15(12,13)14;2*1-2;;;;;2*1-2/h2*1-15,19H;2*7H,3-6H2,1-2H3,(H,12,13,14);1H2;1H;;;2*1H;2*1H/q;;;;;-1;2*+1;;;;/p-1/i;;;;;;;;;;2*1T. The van der Waals surface area contributed by atoms with Gasteiger partial charge in [-0.05, 0) is 54.2 Å². The number of thiocarbonyl (C=S) groups is 2. The molecule has 0 amide bonds. The first kappa shape index (κ1) is 78.5. The minimum absolute atomic E-state index is 0. The second-order valence-electron chi connectivity index (χ2n) is 19.5. The van der Waals surface area contributed by atoms with Gasteiger partial charge in [0.2, 0.25) is 0 Å². The molecule has 4 bridgehead atoms. The van der Waals surface area contributed by atoms with E-state index in [1.54, 1.807) is 42.5 Å². The van der Waals surface area contributed by atoms with Crippen molar-refractivity contribution in [3.8, 4) is 0 Å². The summed E-state index contributed by atoms with van der Waals surface area (Å²) in [5.74, 6) is 6.71. The molecule has 4 aliphatic rings. The van der Waals surface area contributed by atoms with Crippen molar-refractivity contribution in [3.05, 3.63) is 182 Å². The van der Waals surface area contributed by atoms with Crippen LogP contribution in [0.4, 0.5) is 0 Å². The number of benzene rings is 6. The van der Waals surface area contributed by atoms with Gasteiger partial charge >= 0.3 is 345 Å². The Balaban J connectivity index is 0. The van der Waals surface area contributed by atoms with Crippen LogP contribution in [0.2, 0.25) is 0 Å². The number of carbonyl (C=O) groups excluding carboxylic acids is 2. The van der Waals surface area contributed by atoms with E-state index < -0.39 is 81.7 Å². The number of fused-ring (bicyclic) bond motifs is 4. The molecule has 4 saturated carbocycles. The van der Waals surface area contributed by atoms with Crippen LogP contribution in [0.5, 0.6) is 0 Å². The number of hydrogen-bond acceptors (Lipinski definition) is 8. The predicted octanol–water partition coefficient (Wildman–Crippen LogP) is 5.36.